The van der Waals surface area contributed by atoms with Crippen LogP contribution in [0.4, 0.5) is 11.6 Å². The summed E-state index contributed by atoms with van der Waals surface area (Å²) in [5.41, 5.74) is 3.13. The average molecular weight is 539 g/mol. The van der Waals surface area contributed by atoms with Gasteiger partial charge < -0.3 is 14.6 Å². The normalized spacial score (nSPS) is 11.8. The van der Waals surface area contributed by atoms with E-state index < -0.39 is 9.84 Å². The van der Waals surface area contributed by atoms with Gasteiger partial charge in [-0.15, -0.1) is 5.10 Å². The van der Waals surface area contributed by atoms with Crippen LogP contribution in [0.1, 0.15) is 44.8 Å². The van der Waals surface area contributed by atoms with Gasteiger partial charge in [-0.2, -0.15) is 0 Å². The molecule has 11 nitrogen and oxygen atoms in total. The first-order chi connectivity index (χ1) is 18.3. The van der Waals surface area contributed by atoms with Crippen molar-refractivity contribution in [3.8, 4) is 11.4 Å². The molecule has 0 saturated heterocycles. The predicted molar refractivity (Wildman–Crippen MR) is 145 cm³/mol. The van der Waals surface area contributed by atoms with Gasteiger partial charge in [-0.1, -0.05) is 5.21 Å². The fourth-order valence-electron chi connectivity index (χ4n) is 4.16. The molecule has 4 rings (SSSR count). The Kier molecular flexibility index (Phi) is 8.85. The molecule has 0 unspecified atom stereocenters. The van der Waals surface area contributed by atoms with E-state index in [1.165, 1.54) is 0 Å². The Balaban J connectivity index is 1.35. The number of hydrogen-bond acceptors (Lipinski definition) is 9. The van der Waals surface area contributed by atoms with Crippen molar-refractivity contribution in [1.82, 2.24) is 34.5 Å². The lowest BCUT2D eigenvalue weighted by Gasteiger charge is -2.14. The quantitative estimate of drug-likeness (QED) is 0.251. The molecule has 3 aromatic heterocycles. The molecule has 1 N–H and O–H groups in total. The van der Waals surface area contributed by atoms with E-state index in [1.807, 2.05) is 32.3 Å². The van der Waals surface area contributed by atoms with Gasteiger partial charge in [0.25, 0.3) is 0 Å². The fourth-order valence-corrected chi connectivity index (χ4v) is 5.47. The molecule has 0 aliphatic carbocycles. The molecule has 3 heterocycles. The zero-order valence-electron chi connectivity index (χ0n) is 22.2. The van der Waals surface area contributed by atoms with E-state index in [-0.39, 0.29) is 16.7 Å². The van der Waals surface area contributed by atoms with Gasteiger partial charge in [-0.25, -0.2) is 28.1 Å². The van der Waals surface area contributed by atoms with Gasteiger partial charge in [-0.3, -0.25) is 0 Å². The second kappa shape index (κ2) is 12.3. The van der Waals surface area contributed by atoms with E-state index in [2.05, 4.69) is 49.0 Å². The number of nitrogens with zero attached hydrogens (tertiary/aromatic N) is 7. The highest BCUT2D eigenvalue weighted by Gasteiger charge is 2.16. The van der Waals surface area contributed by atoms with E-state index in [4.69, 9.17) is 4.74 Å². The van der Waals surface area contributed by atoms with Crippen molar-refractivity contribution in [2.75, 3.05) is 24.3 Å². The van der Waals surface area contributed by atoms with Gasteiger partial charge in [-0.05, 0) is 70.9 Å². The van der Waals surface area contributed by atoms with Crippen LogP contribution in [0.15, 0.2) is 53.8 Å². The molecule has 0 saturated carbocycles. The lowest BCUT2D eigenvalue weighted by atomic mass is 10.2. The Morgan fingerprint density at radius 3 is 2.63 bits per heavy atom. The number of anilines is 2. The summed E-state index contributed by atoms with van der Waals surface area (Å²) >= 11 is 0. The summed E-state index contributed by atoms with van der Waals surface area (Å²) in [6.45, 7) is 9.96. The molecule has 38 heavy (non-hydrogen) atoms. The van der Waals surface area contributed by atoms with Gasteiger partial charge in [0.1, 0.15) is 5.82 Å². The smallest absolute Gasteiger partial charge is 0.227 e. The Bertz CT molecular complexity index is 1450. The van der Waals surface area contributed by atoms with Gasteiger partial charge in [0.05, 0.1) is 47.1 Å². The molecule has 0 aliphatic heterocycles. The lowest BCUT2D eigenvalue weighted by molar-refractivity contribution is 0.136. The summed E-state index contributed by atoms with van der Waals surface area (Å²) < 4.78 is 34.9. The SMILES string of the molecule is CCOCCn1cc(CCCS(=O)(=O)c2ccc(Nc3nccc(-c4cnc(C)n4C(C)C)n3)cc2)nn1. The van der Waals surface area contributed by atoms with Crippen molar-refractivity contribution in [1.29, 1.82) is 0 Å². The number of benzene rings is 1. The number of aryl methyl sites for hydroxylation is 2. The Labute approximate surface area is 223 Å². The molecule has 0 aliphatic rings. The predicted octanol–water partition coefficient (Wildman–Crippen LogP) is 4.01. The zero-order chi connectivity index (χ0) is 27.1. The number of hydrogen-bond donors (Lipinski definition) is 1. The summed E-state index contributed by atoms with van der Waals surface area (Å²) in [6, 6.07) is 8.72. The summed E-state index contributed by atoms with van der Waals surface area (Å²) in [4.78, 5) is 13.7. The molecule has 0 amide bonds. The van der Waals surface area contributed by atoms with E-state index in [1.54, 1.807) is 35.1 Å². The highest BCUT2D eigenvalue weighted by atomic mass is 32.2. The first-order valence-electron chi connectivity index (χ1n) is 12.7. The van der Waals surface area contributed by atoms with Crippen LogP contribution in [0.5, 0.6) is 0 Å². The Morgan fingerprint density at radius 1 is 1.11 bits per heavy atom. The molecule has 0 bridgehead atoms. The second-order valence-electron chi connectivity index (χ2n) is 9.16. The van der Waals surface area contributed by atoms with Gasteiger partial charge in [0.15, 0.2) is 9.84 Å². The van der Waals surface area contributed by atoms with Crippen molar-refractivity contribution in [2.24, 2.45) is 0 Å². The number of nitrogens with one attached hydrogen (secondary N) is 1. The average Bonchev–Trinajstić information content (AvgIpc) is 3.51. The third-order valence-corrected chi connectivity index (χ3v) is 7.80. The monoisotopic (exact) mass is 538 g/mol. The standard InChI is InChI=1S/C26H34N8O3S/c1-5-37-15-14-33-18-22(31-32-33)7-6-16-38(35,36)23-10-8-21(9-11-23)29-26-27-13-12-24(30-26)25-17-28-20(4)34(25)19(2)3/h8-13,17-19H,5-7,14-16H2,1-4H3,(H,27,29,30). The van der Waals surface area contributed by atoms with E-state index in [0.717, 1.165) is 22.9 Å². The van der Waals surface area contributed by atoms with Crippen molar-refractivity contribution < 1.29 is 13.2 Å². The Morgan fingerprint density at radius 2 is 1.89 bits per heavy atom. The minimum absolute atomic E-state index is 0.0275. The van der Waals surface area contributed by atoms with Crippen LogP contribution < -0.4 is 5.32 Å². The lowest BCUT2D eigenvalue weighted by Crippen LogP contribution is -2.08. The van der Waals surface area contributed by atoms with Crippen LogP contribution in [0.25, 0.3) is 11.4 Å². The number of aromatic nitrogens is 7. The minimum Gasteiger partial charge on any atom is -0.380 e. The molecule has 0 fully saturated rings. The maximum atomic E-state index is 12.9. The van der Waals surface area contributed by atoms with Crippen LogP contribution in [0.2, 0.25) is 0 Å². The third-order valence-electron chi connectivity index (χ3n) is 5.99. The second-order valence-corrected chi connectivity index (χ2v) is 11.3. The first-order valence-corrected chi connectivity index (χ1v) is 14.4. The van der Waals surface area contributed by atoms with Gasteiger partial charge in [0.2, 0.25) is 5.95 Å². The molecular weight excluding hydrogens is 504 g/mol. The number of ether oxygens (including phenoxy) is 1. The van der Waals surface area contributed by atoms with E-state index in [9.17, 15) is 8.42 Å². The van der Waals surface area contributed by atoms with Crippen LogP contribution in [0.3, 0.4) is 0 Å². The molecule has 1 aromatic carbocycles. The van der Waals surface area contributed by atoms with Crippen molar-refractivity contribution in [3.63, 3.8) is 0 Å². The summed E-state index contributed by atoms with van der Waals surface area (Å²) in [6.07, 6.45) is 6.33. The number of imidazole rings is 1. The van der Waals surface area contributed by atoms with Gasteiger partial charge in [0, 0.05) is 30.7 Å². The van der Waals surface area contributed by atoms with Crippen LogP contribution in [-0.2, 0) is 27.5 Å². The summed E-state index contributed by atoms with van der Waals surface area (Å²) in [5, 5.41) is 11.3. The molecule has 0 spiro atoms. The minimum atomic E-state index is -3.43. The van der Waals surface area contributed by atoms with E-state index >= 15 is 0 Å². The molecule has 0 radical (unpaired) electrons. The molecule has 4 aromatic rings. The van der Waals surface area contributed by atoms with Crippen LogP contribution in [0, 0.1) is 6.92 Å². The maximum Gasteiger partial charge on any atom is 0.227 e. The summed E-state index contributed by atoms with van der Waals surface area (Å²) in [5.74, 6) is 1.37. The molecular formula is C26H34N8O3S. The van der Waals surface area contributed by atoms with Crippen LogP contribution in [-0.4, -0.2) is 61.9 Å². The topological polar surface area (TPSA) is 130 Å². The highest BCUT2D eigenvalue weighted by Crippen LogP contribution is 2.24. The van der Waals surface area contributed by atoms with Crippen molar-refractivity contribution in [2.45, 2.75) is 58.0 Å². The summed E-state index contributed by atoms with van der Waals surface area (Å²) in [7, 11) is -3.43. The van der Waals surface area contributed by atoms with Gasteiger partial charge >= 0.3 is 0 Å². The molecule has 0 atom stereocenters. The zero-order valence-corrected chi connectivity index (χ0v) is 23.0. The Hall–Kier alpha value is -3.64. The maximum absolute atomic E-state index is 12.9. The fraction of sp³-hybridized carbons (Fsp3) is 0.423. The van der Waals surface area contributed by atoms with E-state index in [0.29, 0.717) is 44.2 Å². The number of sulfone groups is 1. The largest absolute Gasteiger partial charge is 0.380 e. The molecule has 202 valence electrons. The highest BCUT2D eigenvalue weighted by molar-refractivity contribution is 7.91. The third kappa shape index (κ3) is 6.81. The molecule has 12 heteroatoms. The van der Waals surface area contributed by atoms with Crippen molar-refractivity contribution >= 4 is 21.5 Å². The van der Waals surface area contributed by atoms with Crippen molar-refractivity contribution in [3.05, 3.63) is 60.4 Å². The first kappa shape index (κ1) is 27.4. The number of rotatable bonds is 13. The van der Waals surface area contributed by atoms with Crippen LogP contribution >= 0.6 is 0 Å².